The van der Waals surface area contributed by atoms with Crippen LogP contribution in [0.5, 0.6) is 0 Å². The second-order valence-electron chi connectivity index (χ2n) is 8.12. The molecule has 32 heavy (non-hydrogen) atoms. The Morgan fingerprint density at radius 1 is 0.594 bits per heavy atom. The van der Waals surface area contributed by atoms with Gasteiger partial charge in [0, 0.05) is 32.8 Å². The quantitative estimate of drug-likeness (QED) is 0.0782. The fourth-order valence-electron chi connectivity index (χ4n) is 4.16. The molecule has 0 aliphatic carbocycles. The SMILES string of the molecule is CCCCCCCC(CCCCCCc1c(F)c(F)c(F)c(F)c1F)C(OC)(OC)OC. The fourth-order valence-corrected chi connectivity index (χ4v) is 4.16. The molecule has 1 aromatic carbocycles. The van der Waals surface area contributed by atoms with E-state index in [1.54, 1.807) is 21.3 Å². The third kappa shape index (κ3) is 7.66. The number of benzene rings is 1. The topological polar surface area (TPSA) is 27.7 Å². The van der Waals surface area contributed by atoms with Gasteiger partial charge in [0.2, 0.25) is 5.82 Å². The zero-order valence-electron chi connectivity index (χ0n) is 19.7. The first kappa shape index (κ1) is 28.8. The molecule has 1 rings (SSSR count). The van der Waals surface area contributed by atoms with Crippen LogP contribution < -0.4 is 0 Å². The number of methoxy groups -OCH3 is 3. The number of hydrogen-bond donors (Lipinski definition) is 0. The largest absolute Gasteiger partial charge is 0.331 e. The van der Waals surface area contributed by atoms with Crippen molar-refractivity contribution in [3.63, 3.8) is 0 Å². The van der Waals surface area contributed by atoms with Crippen LogP contribution in [0.1, 0.15) is 83.1 Å². The Morgan fingerprint density at radius 3 is 1.44 bits per heavy atom. The summed E-state index contributed by atoms with van der Waals surface area (Å²) in [6.07, 6.45) is 9.63. The van der Waals surface area contributed by atoms with Crippen LogP contribution >= 0.6 is 0 Å². The third-order valence-electron chi connectivity index (χ3n) is 6.04. The van der Waals surface area contributed by atoms with E-state index in [0.717, 1.165) is 38.5 Å². The molecule has 1 unspecified atom stereocenters. The summed E-state index contributed by atoms with van der Waals surface area (Å²) in [4.78, 5) is 0. The highest BCUT2D eigenvalue weighted by atomic mass is 19.2. The highest BCUT2D eigenvalue weighted by Gasteiger charge is 2.39. The van der Waals surface area contributed by atoms with Gasteiger partial charge in [0.1, 0.15) is 0 Å². The van der Waals surface area contributed by atoms with Crippen LogP contribution in [0.2, 0.25) is 0 Å². The molecule has 8 heteroatoms. The van der Waals surface area contributed by atoms with Gasteiger partial charge in [-0.3, -0.25) is 0 Å². The number of halogens is 5. The predicted octanol–water partition coefficient (Wildman–Crippen LogP) is 7.44. The Balaban J connectivity index is 2.57. The van der Waals surface area contributed by atoms with E-state index in [9.17, 15) is 22.0 Å². The first-order chi connectivity index (χ1) is 15.3. The number of rotatable bonds is 17. The van der Waals surface area contributed by atoms with Crippen molar-refractivity contribution >= 4 is 0 Å². The minimum Gasteiger partial charge on any atom is -0.331 e. The summed E-state index contributed by atoms with van der Waals surface area (Å²) in [5.74, 6) is -10.5. The van der Waals surface area contributed by atoms with E-state index in [1.807, 2.05) is 0 Å². The van der Waals surface area contributed by atoms with Crippen LogP contribution in [0.15, 0.2) is 0 Å². The monoisotopic (exact) mass is 468 g/mol. The van der Waals surface area contributed by atoms with Crippen LogP contribution in [0.25, 0.3) is 0 Å². The molecule has 186 valence electrons. The van der Waals surface area contributed by atoms with E-state index in [4.69, 9.17) is 14.2 Å². The Morgan fingerprint density at radius 2 is 1.00 bits per heavy atom. The summed E-state index contributed by atoms with van der Waals surface area (Å²) in [6, 6.07) is 0. The summed E-state index contributed by atoms with van der Waals surface area (Å²) in [6.45, 7) is 2.17. The van der Waals surface area contributed by atoms with E-state index < -0.39 is 40.6 Å². The molecule has 0 spiro atoms. The molecule has 0 amide bonds. The summed E-state index contributed by atoms with van der Waals surface area (Å²) >= 11 is 0. The minimum atomic E-state index is -2.12. The molecular weight excluding hydrogens is 431 g/mol. The van der Waals surface area contributed by atoms with Crippen molar-refractivity contribution in [3.8, 4) is 0 Å². The van der Waals surface area contributed by atoms with Crippen LogP contribution in [-0.2, 0) is 20.6 Å². The van der Waals surface area contributed by atoms with E-state index in [1.165, 1.54) is 19.3 Å². The Bertz CT molecular complexity index is 643. The Hall–Kier alpha value is -1.25. The summed E-state index contributed by atoms with van der Waals surface area (Å²) in [5, 5.41) is 0. The van der Waals surface area contributed by atoms with Crippen LogP contribution in [0, 0.1) is 35.0 Å². The van der Waals surface area contributed by atoms with Gasteiger partial charge in [-0.15, -0.1) is 0 Å². The van der Waals surface area contributed by atoms with Gasteiger partial charge in [-0.1, -0.05) is 58.3 Å². The standard InChI is InChI=1S/C24H37F5O3/c1-5-6-7-8-11-14-17(24(30-2,31-3)32-4)15-12-9-10-13-16-18-19(25)21(27)23(29)22(28)20(18)26/h17H,5-16H2,1-4H3. The van der Waals surface area contributed by atoms with Gasteiger partial charge in [-0.2, -0.15) is 0 Å². The van der Waals surface area contributed by atoms with E-state index in [-0.39, 0.29) is 12.3 Å². The summed E-state index contributed by atoms with van der Waals surface area (Å²) in [5.41, 5.74) is -0.747. The van der Waals surface area contributed by atoms with Gasteiger partial charge in [-0.25, -0.2) is 22.0 Å². The predicted molar refractivity (Wildman–Crippen MR) is 114 cm³/mol. The first-order valence-electron chi connectivity index (χ1n) is 11.4. The van der Waals surface area contributed by atoms with Gasteiger partial charge in [0.05, 0.1) is 0 Å². The van der Waals surface area contributed by atoms with E-state index in [0.29, 0.717) is 12.8 Å². The molecule has 0 heterocycles. The third-order valence-corrected chi connectivity index (χ3v) is 6.04. The molecular formula is C24H37F5O3. The van der Waals surface area contributed by atoms with Crippen molar-refractivity contribution in [2.45, 2.75) is 89.9 Å². The van der Waals surface area contributed by atoms with Crippen molar-refractivity contribution < 1.29 is 36.2 Å². The molecule has 0 saturated carbocycles. The van der Waals surface area contributed by atoms with Gasteiger partial charge >= 0.3 is 0 Å². The molecule has 0 aliphatic rings. The molecule has 0 aromatic heterocycles. The number of unbranched alkanes of at least 4 members (excludes halogenated alkanes) is 7. The molecule has 0 N–H and O–H groups in total. The summed E-state index contributed by atoms with van der Waals surface area (Å²) < 4.78 is 83.9. The Labute approximate surface area is 188 Å². The normalized spacial score (nSPS) is 13.0. The zero-order valence-corrected chi connectivity index (χ0v) is 19.7. The average Bonchev–Trinajstić information content (AvgIpc) is 2.81. The van der Waals surface area contributed by atoms with Gasteiger partial charge < -0.3 is 14.2 Å². The highest BCUT2D eigenvalue weighted by molar-refractivity contribution is 5.24. The number of hydrogen-bond acceptors (Lipinski definition) is 3. The molecule has 0 aliphatic heterocycles. The van der Waals surface area contributed by atoms with Crippen LogP contribution in [0.4, 0.5) is 22.0 Å². The lowest BCUT2D eigenvalue weighted by Crippen LogP contribution is -2.44. The van der Waals surface area contributed by atoms with Crippen molar-refractivity contribution in [1.82, 2.24) is 0 Å². The molecule has 0 radical (unpaired) electrons. The lowest BCUT2D eigenvalue weighted by molar-refractivity contribution is -0.380. The molecule has 1 aromatic rings. The van der Waals surface area contributed by atoms with Crippen molar-refractivity contribution in [3.05, 3.63) is 34.6 Å². The van der Waals surface area contributed by atoms with Crippen LogP contribution in [0.3, 0.4) is 0 Å². The van der Waals surface area contributed by atoms with Gasteiger partial charge in [-0.05, 0) is 25.7 Å². The maximum atomic E-state index is 13.8. The molecule has 0 saturated heterocycles. The second kappa shape index (κ2) is 14.8. The minimum absolute atomic E-state index is 0.0132. The van der Waals surface area contributed by atoms with Crippen molar-refractivity contribution in [2.75, 3.05) is 21.3 Å². The summed E-state index contributed by atoms with van der Waals surface area (Å²) in [7, 11) is 4.63. The highest BCUT2D eigenvalue weighted by Crippen LogP contribution is 2.33. The molecule has 0 bridgehead atoms. The maximum absolute atomic E-state index is 13.8. The number of ether oxygens (including phenoxy) is 3. The fraction of sp³-hybridized carbons (Fsp3) is 0.750. The van der Waals surface area contributed by atoms with Gasteiger partial charge in [0.15, 0.2) is 23.3 Å². The lowest BCUT2D eigenvalue weighted by Gasteiger charge is -2.36. The lowest BCUT2D eigenvalue weighted by atomic mass is 9.91. The molecule has 3 nitrogen and oxygen atoms in total. The molecule has 1 atom stereocenters. The van der Waals surface area contributed by atoms with Crippen LogP contribution in [-0.4, -0.2) is 27.3 Å². The first-order valence-corrected chi connectivity index (χ1v) is 11.4. The zero-order chi connectivity index (χ0) is 24.1. The Kier molecular flexibility index (Phi) is 13.3. The van der Waals surface area contributed by atoms with E-state index in [2.05, 4.69) is 6.92 Å². The smallest absolute Gasteiger partial charge is 0.285 e. The van der Waals surface area contributed by atoms with Gasteiger partial charge in [0.25, 0.3) is 5.97 Å². The van der Waals surface area contributed by atoms with Crippen molar-refractivity contribution in [1.29, 1.82) is 0 Å². The van der Waals surface area contributed by atoms with Crippen molar-refractivity contribution in [2.24, 2.45) is 5.92 Å². The van der Waals surface area contributed by atoms with E-state index >= 15 is 0 Å². The molecule has 0 fully saturated rings. The average molecular weight is 469 g/mol. The maximum Gasteiger partial charge on any atom is 0.285 e. The second-order valence-corrected chi connectivity index (χ2v) is 8.12.